The SMILES string of the molecule is [C-]#[N+]c1c(N)sc2c(F)ccc(-c3c(Cl)c4c5c(nc(OC[C@@]67CCCN6CC(=C)C7)nc5c3F)N(C3CC3F)[C@@H](C=C)CO4)c12. The lowest BCUT2D eigenvalue weighted by atomic mass is 9.94. The third kappa shape index (κ3) is 4.21. The average molecular weight is 665 g/mol. The summed E-state index contributed by atoms with van der Waals surface area (Å²) in [6.45, 7) is 17.9. The van der Waals surface area contributed by atoms with Crippen LogP contribution in [-0.4, -0.2) is 65.0 Å². The minimum absolute atomic E-state index is 0.00314. The molecule has 2 saturated heterocycles. The second-order valence-electron chi connectivity index (χ2n) is 12.4. The summed E-state index contributed by atoms with van der Waals surface area (Å²) in [5.74, 6) is -1.11. The molecule has 8 rings (SSSR count). The van der Waals surface area contributed by atoms with E-state index in [4.69, 9.17) is 38.4 Å². The van der Waals surface area contributed by atoms with Crippen LogP contribution in [-0.2, 0) is 0 Å². The summed E-state index contributed by atoms with van der Waals surface area (Å²) in [6, 6.07) is 1.44. The fourth-order valence-electron chi connectivity index (χ4n) is 7.43. The molecule has 1 aliphatic carbocycles. The summed E-state index contributed by atoms with van der Waals surface area (Å²) in [4.78, 5) is 17.0. The number of nitrogens with two attached hydrogens (primary N) is 1. The van der Waals surface area contributed by atoms with Crippen LogP contribution in [0.25, 0.3) is 37.0 Å². The predicted molar refractivity (Wildman–Crippen MR) is 174 cm³/mol. The highest BCUT2D eigenvalue weighted by Crippen LogP contribution is 2.54. The Hall–Kier alpha value is -4.05. The molecule has 1 saturated carbocycles. The molecule has 3 fully saturated rings. The van der Waals surface area contributed by atoms with E-state index in [1.165, 1.54) is 12.1 Å². The van der Waals surface area contributed by atoms with Crippen LogP contribution in [0, 0.1) is 18.2 Å². The van der Waals surface area contributed by atoms with Gasteiger partial charge >= 0.3 is 6.01 Å². The molecule has 4 aliphatic rings. The standard InChI is InChI=1S/C33H28ClF3N6O2S/c1-4-16-13-44-28-23-26(25(37)21(24(28)34)17-6-7-18(35)29-22(17)27(39-3)30(38)46-29)40-32(41-31(23)43(16)20-10-19(20)36)45-14-33-8-5-9-42(33)12-15(2)11-33/h4,6-7,16,19-20H,1-2,5,8-14,38H2/t16-,19?,20?,33-/m0/s1. The lowest BCUT2D eigenvalue weighted by Gasteiger charge is -2.31. The molecular formula is C33H28ClF3N6O2S. The largest absolute Gasteiger partial charge is 0.489 e. The van der Waals surface area contributed by atoms with Gasteiger partial charge in [-0.25, -0.2) is 18.0 Å². The highest BCUT2D eigenvalue weighted by Gasteiger charge is 2.49. The first-order valence-corrected chi connectivity index (χ1v) is 16.2. The number of nitrogens with zero attached hydrogens (tertiary/aromatic N) is 5. The van der Waals surface area contributed by atoms with Gasteiger partial charge in [0.2, 0.25) is 5.69 Å². The number of hydrogen-bond acceptors (Lipinski definition) is 8. The summed E-state index contributed by atoms with van der Waals surface area (Å²) in [6.07, 6.45) is 3.51. The topological polar surface area (TPSA) is 81.1 Å². The monoisotopic (exact) mass is 664 g/mol. The van der Waals surface area contributed by atoms with Crippen LogP contribution in [0.1, 0.15) is 25.7 Å². The van der Waals surface area contributed by atoms with Gasteiger partial charge in [-0.3, -0.25) is 4.90 Å². The molecule has 0 bridgehead atoms. The quantitative estimate of drug-likeness (QED) is 0.168. The number of nitrogen functional groups attached to an aromatic ring is 1. The molecule has 2 N–H and O–H groups in total. The summed E-state index contributed by atoms with van der Waals surface area (Å²) >= 11 is 7.90. The molecule has 0 amide bonds. The molecular weight excluding hydrogens is 637 g/mol. The average Bonchev–Trinajstić information content (AvgIpc) is 3.34. The first-order chi connectivity index (χ1) is 22.2. The summed E-state index contributed by atoms with van der Waals surface area (Å²) in [5, 5.41) is 0.313. The number of hydrogen-bond donors (Lipinski definition) is 1. The Morgan fingerprint density at radius 3 is 2.85 bits per heavy atom. The van der Waals surface area contributed by atoms with E-state index in [0.717, 1.165) is 49.3 Å². The van der Waals surface area contributed by atoms with Crippen molar-refractivity contribution in [1.29, 1.82) is 0 Å². The third-order valence-electron chi connectivity index (χ3n) is 9.63. The first-order valence-electron chi connectivity index (χ1n) is 15.0. The van der Waals surface area contributed by atoms with E-state index >= 15 is 4.39 Å². The van der Waals surface area contributed by atoms with E-state index in [9.17, 15) is 8.78 Å². The molecule has 2 unspecified atom stereocenters. The van der Waals surface area contributed by atoms with Gasteiger partial charge in [0.1, 0.15) is 36.5 Å². The maximum atomic E-state index is 17.1. The van der Waals surface area contributed by atoms with E-state index in [0.29, 0.717) is 0 Å². The van der Waals surface area contributed by atoms with Gasteiger partial charge in [-0.15, -0.1) is 17.9 Å². The number of fused-ring (bicyclic) bond motifs is 2. The molecule has 4 atom stereocenters. The van der Waals surface area contributed by atoms with Crippen LogP contribution >= 0.6 is 22.9 Å². The first kappa shape index (κ1) is 29.4. The van der Waals surface area contributed by atoms with Crippen molar-refractivity contribution in [2.45, 2.75) is 49.5 Å². The number of benzene rings is 2. The molecule has 13 heteroatoms. The Bertz CT molecular complexity index is 2050. The number of halogens is 4. The van der Waals surface area contributed by atoms with Crippen LogP contribution in [0.2, 0.25) is 5.02 Å². The van der Waals surface area contributed by atoms with Gasteiger partial charge in [-0.1, -0.05) is 35.9 Å². The second kappa shape index (κ2) is 10.5. The smallest absolute Gasteiger partial charge is 0.319 e. The minimum Gasteiger partial charge on any atom is -0.489 e. The van der Waals surface area contributed by atoms with Gasteiger partial charge < -0.3 is 20.1 Å². The van der Waals surface area contributed by atoms with Crippen LogP contribution in [0.5, 0.6) is 11.8 Å². The predicted octanol–water partition coefficient (Wildman–Crippen LogP) is 7.61. The van der Waals surface area contributed by atoms with Gasteiger partial charge in [0.25, 0.3) is 0 Å². The van der Waals surface area contributed by atoms with Crippen LogP contribution in [0.3, 0.4) is 0 Å². The molecule has 5 heterocycles. The van der Waals surface area contributed by atoms with Crippen molar-refractivity contribution in [3.05, 3.63) is 65.0 Å². The molecule has 0 spiro atoms. The highest BCUT2D eigenvalue weighted by atomic mass is 35.5. The zero-order valence-corrected chi connectivity index (χ0v) is 26.2. The Labute approximate surface area is 271 Å². The molecule has 8 nitrogen and oxygen atoms in total. The van der Waals surface area contributed by atoms with E-state index in [2.05, 4.69) is 27.9 Å². The molecule has 2 aromatic heterocycles. The number of ether oxygens (including phenoxy) is 2. The summed E-state index contributed by atoms with van der Waals surface area (Å²) in [5.41, 5.74) is 6.86. The van der Waals surface area contributed by atoms with E-state index in [-0.39, 0.29) is 90.6 Å². The maximum absolute atomic E-state index is 17.1. The van der Waals surface area contributed by atoms with Crippen molar-refractivity contribution in [1.82, 2.24) is 14.9 Å². The van der Waals surface area contributed by atoms with Crippen LogP contribution < -0.4 is 20.1 Å². The van der Waals surface area contributed by atoms with Crippen molar-refractivity contribution < 1.29 is 22.6 Å². The van der Waals surface area contributed by atoms with E-state index in [1.807, 2.05) is 0 Å². The van der Waals surface area contributed by atoms with E-state index < -0.39 is 29.9 Å². The van der Waals surface area contributed by atoms with Gasteiger partial charge in [0.05, 0.1) is 44.3 Å². The summed E-state index contributed by atoms with van der Waals surface area (Å²) < 4.78 is 59.4. The lowest BCUT2D eigenvalue weighted by molar-refractivity contribution is 0.108. The number of aromatic nitrogens is 2. The Balaban J connectivity index is 1.37. The van der Waals surface area contributed by atoms with Crippen molar-refractivity contribution in [2.24, 2.45) is 0 Å². The number of anilines is 2. The number of alkyl halides is 1. The van der Waals surface area contributed by atoms with Crippen molar-refractivity contribution in [3.8, 4) is 22.9 Å². The van der Waals surface area contributed by atoms with Crippen molar-refractivity contribution in [3.63, 3.8) is 0 Å². The molecule has 0 radical (unpaired) electrons. The third-order valence-corrected chi connectivity index (χ3v) is 11.0. The van der Waals surface area contributed by atoms with Crippen molar-refractivity contribution in [2.75, 3.05) is 36.9 Å². The lowest BCUT2D eigenvalue weighted by Crippen LogP contribution is -2.43. The van der Waals surface area contributed by atoms with Crippen LogP contribution in [0.4, 0.5) is 29.7 Å². The summed E-state index contributed by atoms with van der Waals surface area (Å²) in [7, 11) is 0. The number of rotatable bonds is 6. The Morgan fingerprint density at radius 2 is 2.11 bits per heavy atom. The van der Waals surface area contributed by atoms with Gasteiger partial charge in [-0.05, 0) is 37.4 Å². The van der Waals surface area contributed by atoms with E-state index in [1.54, 1.807) is 11.0 Å². The molecule has 2 aromatic carbocycles. The highest BCUT2D eigenvalue weighted by molar-refractivity contribution is 7.23. The zero-order valence-electron chi connectivity index (χ0n) is 24.6. The maximum Gasteiger partial charge on any atom is 0.319 e. The zero-order chi connectivity index (χ0) is 32.1. The van der Waals surface area contributed by atoms with Crippen molar-refractivity contribution >= 4 is 60.4 Å². The molecule has 46 heavy (non-hydrogen) atoms. The molecule has 236 valence electrons. The minimum atomic E-state index is -1.11. The number of thiophene rings is 1. The normalized spacial score (nSPS) is 25.4. The Morgan fingerprint density at radius 1 is 1.30 bits per heavy atom. The van der Waals surface area contributed by atoms with Crippen LogP contribution in [0.15, 0.2) is 36.9 Å². The molecule has 4 aromatic rings. The van der Waals surface area contributed by atoms with Gasteiger partial charge in [0.15, 0.2) is 11.6 Å². The fraction of sp³-hybridized carbons (Fsp3) is 0.364. The fourth-order valence-corrected chi connectivity index (χ4v) is 8.70. The van der Waals surface area contributed by atoms with Gasteiger partial charge in [-0.2, -0.15) is 9.97 Å². The Kier molecular flexibility index (Phi) is 6.69. The van der Waals surface area contributed by atoms with Gasteiger partial charge in [0, 0.05) is 23.9 Å². The molecule has 3 aliphatic heterocycles. The second-order valence-corrected chi connectivity index (χ2v) is 13.8.